The molecule has 0 aliphatic carbocycles. The van der Waals surface area contributed by atoms with Gasteiger partial charge in [-0.3, -0.25) is 9.59 Å². The van der Waals surface area contributed by atoms with Gasteiger partial charge in [-0.05, 0) is 48.7 Å². The standard InChI is InChI=1S/C33H37N5O4.H2/c1-22-16-31(37-36-22)24-12-14-28(15-13-24)42-21-33(40)35-27(17-26-18-34-30-10-6-5-9-29(26)30)20-38(23(2)39)19-25-8-4-7-11-32(25)41-3;/h4-15,18,27,31,34,37H,16-17,19-21H2,1-3H3,(H,35,40);1H. The van der Waals surface area contributed by atoms with E-state index in [0.29, 0.717) is 31.0 Å². The number of hydrogen-bond acceptors (Lipinski definition) is 6. The summed E-state index contributed by atoms with van der Waals surface area (Å²) in [6, 6.07) is 23.2. The van der Waals surface area contributed by atoms with Crippen LogP contribution in [0.15, 0.2) is 84.1 Å². The van der Waals surface area contributed by atoms with Gasteiger partial charge in [0.25, 0.3) is 5.91 Å². The fourth-order valence-corrected chi connectivity index (χ4v) is 5.32. The Bertz CT molecular complexity index is 1570. The number of ether oxygens (including phenoxy) is 2. The summed E-state index contributed by atoms with van der Waals surface area (Å²) < 4.78 is 11.3. The molecule has 2 heterocycles. The number of hydrazone groups is 1. The number of nitrogens with zero attached hydrogens (tertiary/aromatic N) is 2. The lowest BCUT2D eigenvalue weighted by molar-refractivity contribution is -0.131. The second-order valence-corrected chi connectivity index (χ2v) is 10.6. The van der Waals surface area contributed by atoms with Crippen LogP contribution in [-0.2, 0) is 22.6 Å². The molecule has 9 heteroatoms. The summed E-state index contributed by atoms with van der Waals surface area (Å²) in [5, 5.41) is 8.47. The van der Waals surface area contributed by atoms with E-state index in [0.717, 1.165) is 39.7 Å². The summed E-state index contributed by atoms with van der Waals surface area (Å²) in [5.74, 6) is 0.977. The number of carbonyl (C=O) groups is 2. The van der Waals surface area contributed by atoms with E-state index in [9.17, 15) is 9.59 Å². The first-order chi connectivity index (χ1) is 20.4. The third kappa shape index (κ3) is 7.09. The summed E-state index contributed by atoms with van der Waals surface area (Å²) in [4.78, 5) is 31.0. The molecule has 2 amide bonds. The average molecular weight is 570 g/mol. The lowest BCUT2D eigenvalue weighted by atomic mass is 10.0. The van der Waals surface area contributed by atoms with Crippen molar-refractivity contribution in [3.63, 3.8) is 0 Å². The molecule has 3 N–H and O–H groups in total. The van der Waals surface area contributed by atoms with Crippen LogP contribution in [0.3, 0.4) is 0 Å². The van der Waals surface area contributed by atoms with Gasteiger partial charge >= 0.3 is 0 Å². The highest BCUT2D eigenvalue weighted by Crippen LogP contribution is 2.24. The van der Waals surface area contributed by atoms with Gasteiger partial charge in [-0.1, -0.05) is 48.5 Å². The quantitative estimate of drug-likeness (QED) is 0.223. The number of para-hydroxylation sites is 2. The highest BCUT2D eigenvalue weighted by atomic mass is 16.5. The van der Waals surface area contributed by atoms with Gasteiger partial charge in [0.2, 0.25) is 5.91 Å². The van der Waals surface area contributed by atoms with Crippen molar-refractivity contribution >= 4 is 28.4 Å². The van der Waals surface area contributed by atoms with Crippen molar-refractivity contribution in [2.24, 2.45) is 5.10 Å². The Morgan fingerprint density at radius 2 is 1.83 bits per heavy atom. The second-order valence-electron chi connectivity index (χ2n) is 10.6. The lowest BCUT2D eigenvalue weighted by Gasteiger charge is -2.28. The van der Waals surface area contributed by atoms with E-state index in [2.05, 4.69) is 26.9 Å². The molecule has 4 aromatic rings. The van der Waals surface area contributed by atoms with Crippen molar-refractivity contribution in [3.05, 3.63) is 95.7 Å². The largest absolute Gasteiger partial charge is 0.496 e. The normalized spacial score (nSPS) is 15.0. The average Bonchev–Trinajstić information content (AvgIpc) is 3.62. The van der Waals surface area contributed by atoms with Crippen molar-refractivity contribution in [1.82, 2.24) is 20.6 Å². The Morgan fingerprint density at radius 1 is 1.07 bits per heavy atom. The monoisotopic (exact) mass is 569 g/mol. The van der Waals surface area contributed by atoms with Crippen molar-refractivity contribution < 1.29 is 20.5 Å². The lowest BCUT2D eigenvalue weighted by Crippen LogP contribution is -2.47. The van der Waals surface area contributed by atoms with Crippen molar-refractivity contribution in [2.45, 2.75) is 45.3 Å². The predicted octanol–water partition coefficient (Wildman–Crippen LogP) is 4.99. The summed E-state index contributed by atoms with van der Waals surface area (Å²) in [7, 11) is 1.62. The second kappa shape index (κ2) is 13.2. The Hall–Kier alpha value is -4.79. The highest BCUT2D eigenvalue weighted by Gasteiger charge is 2.22. The van der Waals surface area contributed by atoms with Crippen LogP contribution in [0.1, 0.15) is 44.4 Å². The van der Waals surface area contributed by atoms with Crippen LogP contribution in [0.4, 0.5) is 0 Å². The van der Waals surface area contributed by atoms with E-state index >= 15 is 0 Å². The molecule has 220 valence electrons. The number of amides is 2. The first-order valence-corrected chi connectivity index (χ1v) is 14.1. The summed E-state index contributed by atoms with van der Waals surface area (Å²) in [6.45, 7) is 4.09. The van der Waals surface area contributed by atoms with Crippen LogP contribution in [0.25, 0.3) is 10.9 Å². The van der Waals surface area contributed by atoms with E-state index in [4.69, 9.17) is 9.47 Å². The van der Waals surface area contributed by atoms with Crippen LogP contribution < -0.4 is 20.2 Å². The van der Waals surface area contributed by atoms with Gasteiger partial charge < -0.3 is 30.1 Å². The Labute approximate surface area is 247 Å². The highest BCUT2D eigenvalue weighted by molar-refractivity contribution is 5.84. The first kappa shape index (κ1) is 28.7. The van der Waals surface area contributed by atoms with Gasteiger partial charge in [-0.2, -0.15) is 5.10 Å². The van der Waals surface area contributed by atoms with Gasteiger partial charge in [-0.25, -0.2) is 0 Å². The molecule has 9 nitrogen and oxygen atoms in total. The molecule has 0 fully saturated rings. The molecule has 0 saturated carbocycles. The number of nitrogens with one attached hydrogen (secondary N) is 3. The first-order valence-electron chi connectivity index (χ1n) is 14.1. The molecule has 2 unspecified atom stereocenters. The number of aromatic nitrogens is 1. The zero-order chi connectivity index (χ0) is 29.5. The molecule has 5 rings (SSSR count). The molecular formula is C33H39N5O4. The smallest absolute Gasteiger partial charge is 0.258 e. The number of carbonyl (C=O) groups excluding carboxylic acids is 2. The third-order valence-electron chi connectivity index (χ3n) is 7.51. The van der Waals surface area contributed by atoms with Crippen LogP contribution in [0.2, 0.25) is 0 Å². The Kier molecular flexibility index (Phi) is 9.06. The maximum atomic E-state index is 13.1. The van der Waals surface area contributed by atoms with Crippen molar-refractivity contribution in [3.8, 4) is 11.5 Å². The van der Waals surface area contributed by atoms with E-state index < -0.39 is 0 Å². The Balaban J connectivity index is 0.00000423. The zero-order valence-corrected chi connectivity index (χ0v) is 24.2. The number of fused-ring (bicyclic) bond motifs is 1. The molecule has 1 aliphatic rings. The Morgan fingerprint density at radius 3 is 2.57 bits per heavy atom. The van der Waals surface area contributed by atoms with Gasteiger partial charge in [-0.15, -0.1) is 0 Å². The fourth-order valence-electron chi connectivity index (χ4n) is 5.32. The number of hydrogen-bond donors (Lipinski definition) is 3. The minimum absolute atomic E-state index is 0. The van der Waals surface area contributed by atoms with Gasteiger partial charge in [0, 0.05) is 56.2 Å². The number of benzene rings is 3. The number of aromatic amines is 1. The van der Waals surface area contributed by atoms with Gasteiger partial charge in [0.15, 0.2) is 6.61 Å². The SMILES string of the molecule is COc1ccccc1CN(CC(Cc1c[nH]c2ccccc12)NC(=O)COc1ccc(C2CC(C)=NN2)cc1)C(C)=O.[HH]. The minimum atomic E-state index is -0.349. The zero-order valence-electron chi connectivity index (χ0n) is 24.2. The van der Waals surface area contributed by atoms with E-state index in [1.54, 1.807) is 18.9 Å². The van der Waals surface area contributed by atoms with E-state index in [1.807, 2.05) is 79.9 Å². The molecule has 1 aliphatic heterocycles. The summed E-state index contributed by atoms with van der Waals surface area (Å²) >= 11 is 0. The van der Waals surface area contributed by atoms with Gasteiger partial charge in [0.1, 0.15) is 11.5 Å². The molecular weight excluding hydrogens is 530 g/mol. The minimum Gasteiger partial charge on any atom is -0.496 e. The molecule has 3 aromatic carbocycles. The maximum absolute atomic E-state index is 13.1. The number of methoxy groups -OCH3 is 1. The van der Waals surface area contributed by atoms with Crippen LogP contribution in [0, 0.1) is 0 Å². The topological polar surface area (TPSA) is 108 Å². The van der Waals surface area contributed by atoms with E-state index in [-0.39, 0.29) is 31.9 Å². The van der Waals surface area contributed by atoms with Crippen LogP contribution in [-0.4, -0.2) is 53.7 Å². The third-order valence-corrected chi connectivity index (χ3v) is 7.51. The maximum Gasteiger partial charge on any atom is 0.258 e. The van der Waals surface area contributed by atoms with Crippen LogP contribution >= 0.6 is 0 Å². The molecule has 1 aromatic heterocycles. The summed E-state index contributed by atoms with van der Waals surface area (Å²) in [6.07, 6.45) is 3.37. The molecule has 0 spiro atoms. The number of H-pyrrole nitrogens is 1. The predicted molar refractivity (Wildman–Crippen MR) is 166 cm³/mol. The van der Waals surface area contributed by atoms with Crippen molar-refractivity contribution in [2.75, 3.05) is 20.3 Å². The molecule has 42 heavy (non-hydrogen) atoms. The molecule has 0 radical (unpaired) electrons. The van der Waals surface area contributed by atoms with E-state index in [1.165, 1.54) is 0 Å². The summed E-state index contributed by atoms with van der Waals surface area (Å²) in [5.41, 5.74) is 8.31. The fraction of sp³-hybridized carbons (Fsp3) is 0.303. The van der Waals surface area contributed by atoms with Crippen molar-refractivity contribution in [1.29, 1.82) is 0 Å². The van der Waals surface area contributed by atoms with Gasteiger partial charge in [0.05, 0.1) is 19.2 Å². The molecule has 2 atom stereocenters. The molecule has 0 bridgehead atoms. The number of rotatable bonds is 12. The van der Waals surface area contributed by atoms with Crippen LogP contribution in [0.5, 0.6) is 11.5 Å². The molecule has 0 saturated heterocycles.